The van der Waals surface area contributed by atoms with Gasteiger partial charge in [0.05, 0.1) is 13.2 Å². The fourth-order valence-corrected chi connectivity index (χ4v) is 3.38. The van der Waals surface area contributed by atoms with Gasteiger partial charge in [-0.2, -0.15) is 0 Å². The van der Waals surface area contributed by atoms with Crippen LogP contribution >= 0.6 is 0 Å². The molecule has 1 aromatic carbocycles. The molecule has 1 fully saturated rings. The Labute approximate surface area is 145 Å². The number of hydrogen-bond acceptors (Lipinski definition) is 4. The third-order valence-electron chi connectivity index (χ3n) is 4.57. The van der Waals surface area contributed by atoms with Gasteiger partial charge in [0.2, 0.25) is 5.91 Å². The standard InChI is InChI=1S/C19H30N2O3/c1-15(22)14-21(17-8-4-3-5-9-17)12-11-19(23)20-16-7-6-10-18(13-16)24-2/h6-7,10,13,15,17,22H,3-5,8-9,11-12,14H2,1-2H3,(H,20,23). The zero-order chi connectivity index (χ0) is 17.4. The van der Waals surface area contributed by atoms with Crippen molar-refractivity contribution in [3.05, 3.63) is 24.3 Å². The van der Waals surface area contributed by atoms with Crippen LogP contribution in [0.25, 0.3) is 0 Å². The Bertz CT molecular complexity index is 513. The third-order valence-corrected chi connectivity index (χ3v) is 4.57. The van der Waals surface area contributed by atoms with Gasteiger partial charge in [0.25, 0.3) is 0 Å². The van der Waals surface area contributed by atoms with E-state index in [2.05, 4.69) is 10.2 Å². The minimum Gasteiger partial charge on any atom is -0.497 e. The van der Waals surface area contributed by atoms with Crippen LogP contribution in [0.5, 0.6) is 5.75 Å². The van der Waals surface area contributed by atoms with Crippen molar-refractivity contribution < 1.29 is 14.6 Å². The van der Waals surface area contributed by atoms with E-state index in [1.807, 2.05) is 31.2 Å². The van der Waals surface area contributed by atoms with E-state index in [0.717, 1.165) is 11.4 Å². The van der Waals surface area contributed by atoms with Gasteiger partial charge in [-0.05, 0) is 31.9 Å². The molecule has 0 radical (unpaired) electrons. The lowest BCUT2D eigenvalue weighted by Crippen LogP contribution is -2.42. The molecule has 5 nitrogen and oxygen atoms in total. The van der Waals surface area contributed by atoms with Crippen molar-refractivity contribution in [2.45, 2.75) is 57.6 Å². The second kappa shape index (κ2) is 9.64. The minimum absolute atomic E-state index is 0.00495. The van der Waals surface area contributed by atoms with Gasteiger partial charge >= 0.3 is 0 Å². The fraction of sp³-hybridized carbons (Fsp3) is 0.632. The SMILES string of the molecule is COc1cccc(NC(=O)CCN(CC(C)O)C2CCCCC2)c1. The Kier molecular flexibility index (Phi) is 7.53. The fourth-order valence-electron chi connectivity index (χ4n) is 3.38. The summed E-state index contributed by atoms with van der Waals surface area (Å²) in [6, 6.07) is 7.87. The van der Waals surface area contributed by atoms with Crippen LogP contribution in [-0.2, 0) is 4.79 Å². The summed E-state index contributed by atoms with van der Waals surface area (Å²) in [5.41, 5.74) is 0.749. The lowest BCUT2D eigenvalue weighted by molar-refractivity contribution is -0.116. The van der Waals surface area contributed by atoms with Crippen molar-refractivity contribution in [2.75, 3.05) is 25.5 Å². The van der Waals surface area contributed by atoms with Gasteiger partial charge in [0, 0.05) is 37.3 Å². The maximum Gasteiger partial charge on any atom is 0.225 e. The van der Waals surface area contributed by atoms with E-state index in [4.69, 9.17) is 4.74 Å². The molecule has 1 aromatic rings. The molecule has 1 amide bonds. The summed E-state index contributed by atoms with van der Waals surface area (Å²) < 4.78 is 5.17. The van der Waals surface area contributed by atoms with Crippen LogP contribution in [-0.4, -0.2) is 48.3 Å². The molecule has 24 heavy (non-hydrogen) atoms. The molecule has 1 saturated carbocycles. The molecule has 1 unspecified atom stereocenters. The first-order chi connectivity index (χ1) is 11.6. The van der Waals surface area contributed by atoms with E-state index in [1.165, 1.54) is 32.1 Å². The van der Waals surface area contributed by atoms with Crippen LogP contribution in [0.2, 0.25) is 0 Å². The van der Waals surface area contributed by atoms with Crippen LogP contribution < -0.4 is 10.1 Å². The summed E-state index contributed by atoms with van der Waals surface area (Å²) >= 11 is 0. The molecule has 1 aliphatic rings. The largest absolute Gasteiger partial charge is 0.497 e. The number of carbonyl (C=O) groups excluding carboxylic acids is 1. The number of nitrogens with zero attached hydrogens (tertiary/aromatic N) is 1. The van der Waals surface area contributed by atoms with Gasteiger partial charge in [0.15, 0.2) is 0 Å². The average Bonchev–Trinajstić information content (AvgIpc) is 2.59. The summed E-state index contributed by atoms with van der Waals surface area (Å²) in [4.78, 5) is 14.5. The number of hydrogen-bond donors (Lipinski definition) is 2. The van der Waals surface area contributed by atoms with Crippen LogP contribution in [0.3, 0.4) is 0 Å². The minimum atomic E-state index is -0.367. The first kappa shape index (κ1) is 18.7. The van der Waals surface area contributed by atoms with E-state index >= 15 is 0 Å². The molecule has 0 saturated heterocycles. The normalized spacial score (nSPS) is 16.8. The molecule has 2 N–H and O–H groups in total. The second-order valence-electron chi connectivity index (χ2n) is 6.67. The Morgan fingerprint density at radius 3 is 2.79 bits per heavy atom. The summed E-state index contributed by atoms with van der Waals surface area (Å²) in [5.74, 6) is 0.723. The van der Waals surface area contributed by atoms with Gasteiger partial charge in [-0.15, -0.1) is 0 Å². The van der Waals surface area contributed by atoms with E-state index in [0.29, 0.717) is 25.6 Å². The number of ether oxygens (including phenoxy) is 1. The highest BCUT2D eigenvalue weighted by atomic mass is 16.5. The van der Waals surface area contributed by atoms with E-state index < -0.39 is 0 Å². The zero-order valence-electron chi connectivity index (χ0n) is 14.8. The number of methoxy groups -OCH3 is 1. The van der Waals surface area contributed by atoms with Crippen molar-refractivity contribution in [3.63, 3.8) is 0 Å². The van der Waals surface area contributed by atoms with Crippen LogP contribution in [0.1, 0.15) is 45.4 Å². The summed E-state index contributed by atoms with van der Waals surface area (Å²) in [7, 11) is 1.61. The number of nitrogens with one attached hydrogen (secondary N) is 1. The number of carbonyl (C=O) groups is 1. The zero-order valence-corrected chi connectivity index (χ0v) is 14.8. The molecule has 0 heterocycles. The van der Waals surface area contributed by atoms with Gasteiger partial charge < -0.3 is 15.2 Å². The first-order valence-electron chi connectivity index (χ1n) is 8.94. The summed E-state index contributed by atoms with van der Waals surface area (Å²) in [6.07, 6.45) is 6.20. The first-order valence-corrected chi connectivity index (χ1v) is 8.94. The molecule has 1 aliphatic carbocycles. The van der Waals surface area contributed by atoms with Crippen molar-refractivity contribution >= 4 is 11.6 Å². The van der Waals surface area contributed by atoms with Crippen molar-refractivity contribution in [1.82, 2.24) is 4.90 Å². The molecule has 2 rings (SSSR count). The second-order valence-corrected chi connectivity index (χ2v) is 6.67. The Morgan fingerprint density at radius 1 is 1.38 bits per heavy atom. The average molecular weight is 334 g/mol. The molecule has 134 valence electrons. The van der Waals surface area contributed by atoms with Gasteiger partial charge in [-0.3, -0.25) is 9.69 Å². The maximum absolute atomic E-state index is 12.2. The summed E-state index contributed by atoms with van der Waals surface area (Å²) in [6.45, 7) is 3.13. The lowest BCUT2D eigenvalue weighted by atomic mass is 9.94. The Hall–Kier alpha value is -1.59. The number of benzene rings is 1. The Morgan fingerprint density at radius 2 is 2.12 bits per heavy atom. The third kappa shape index (κ3) is 6.13. The molecule has 0 bridgehead atoms. The van der Waals surface area contributed by atoms with Crippen LogP contribution in [0, 0.1) is 0 Å². The highest BCUT2D eigenvalue weighted by molar-refractivity contribution is 5.91. The summed E-state index contributed by atoms with van der Waals surface area (Å²) in [5, 5.41) is 12.7. The quantitative estimate of drug-likeness (QED) is 0.767. The van der Waals surface area contributed by atoms with E-state index in [9.17, 15) is 9.90 Å². The number of aliphatic hydroxyl groups is 1. The molecule has 1 atom stereocenters. The highest BCUT2D eigenvalue weighted by Gasteiger charge is 2.22. The molecular formula is C19H30N2O3. The van der Waals surface area contributed by atoms with Gasteiger partial charge in [-0.25, -0.2) is 0 Å². The monoisotopic (exact) mass is 334 g/mol. The maximum atomic E-state index is 12.2. The number of amides is 1. The number of anilines is 1. The van der Waals surface area contributed by atoms with Crippen LogP contribution in [0.4, 0.5) is 5.69 Å². The van der Waals surface area contributed by atoms with Crippen molar-refractivity contribution in [2.24, 2.45) is 0 Å². The van der Waals surface area contributed by atoms with E-state index in [-0.39, 0.29) is 12.0 Å². The molecule has 0 aromatic heterocycles. The highest BCUT2D eigenvalue weighted by Crippen LogP contribution is 2.23. The Balaban J connectivity index is 1.86. The molecular weight excluding hydrogens is 304 g/mol. The molecule has 5 heteroatoms. The molecule has 0 aliphatic heterocycles. The van der Waals surface area contributed by atoms with Gasteiger partial charge in [0.1, 0.15) is 5.75 Å². The van der Waals surface area contributed by atoms with Gasteiger partial charge in [-0.1, -0.05) is 25.3 Å². The smallest absolute Gasteiger partial charge is 0.225 e. The molecule has 0 spiro atoms. The lowest BCUT2D eigenvalue weighted by Gasteiger charge is -2.35. The number of aliphatic hydroxyl groups excluding tert-OH is 1. The van der Waals surface area contributed by atoms with Crippen LogP contribution in [0.15, 0.2) is 24.3 Å². The van der Waals surface area contributed by atoms with E-state index in [1.54, 1.807) is 7.11 Å². The van der Waals surface area contributed by atoms with Crippen molar-refractivity contribution in [1.29, 1.82) is 0 Å². The predicted octanol–water partition coefficient (Wildman–Crippen LogP) is 3.04. The topological polar surface area (TPSA) is 61.8 Å². The number of rotatable bonds is 8. The predicted molar refractivity (Wildman–Crippen MR) is 96.4 cm³/mol. The van der Waals surface area contributed by atoms with Crippen molar-refractivity contribution in [3.8, 4) is 5.75 Å².